The second kappa shape index (κ2) is 7.29. The highest BCUT2D eigenvalue weighted by Crippen LogP contribution is 2.12. The van der Waals surface area contributed by atoms with Gasteiger partial charge in [-0.1, -0.05) is 32.6 Å². The Morgan fingerprint density at radius 3 is 2.42 bits per heavy atom. The van der Waals surface area contributed by atoms with Crippen molar-refractivity contribution in [3.63, 3.8) is 0 Å². The summed E-state index contributed by atoms with van der Waals surface area (Å²) in [6.07, 6.45) is 5.89. The first-order chi connectivity index (χ1) is 5.72. The van der Waals surface area contributed by atoms with Crippen LogP contribution in [-0.4, -0.2) is 17.5 Å². The SMILES string of the molecule is CCCCCCC(C=O)C(C)O. The molecule has 0 aliphatic heterocycles. The summed E-state index contributed by atoms with van der Waals surface area (Å²) in [5, 5.41) is 9.14. The molecule has 2 atom stereocenters. The number of carbonyl (C=O) groups is 1. The Morgan fingerprint density at radius 2 is 2.00 bits per heavy atom. The largest absolute Gasteiger partial charge is 0.393 e. The highest BCUT2D eigenvalue weighted by atomic mass is 16.3. The molecule has 0 bridgehead atoms. The van der Waals surface area contributed by atoms with E-state index in [-0.39, 0.29) is 5.92 Å². The highest BCUT2D eigenvalue weighted by molar-refractivity contribution is 5.54. The van der Waals surface area contributed by atoms with Crippen LogP contribution in [0.15, 0.2) is 0 Å². The summed E-state index contributed by atoms with van der Waals surface area (Å²) in [4.78, 5) is 10.5. The van der Waals surface area contributed by atoms with Gasteiger partial charge in [0, 0.05) is 5.92 Å². The van der Waals surface area contributed by atoms with Crippen LogP contribution in [0, 0.1) is 5.92 Å². The van der Waals surface area contributed by atoms with Crippen molar-refractivity contribution in [1.29, 1.82) is 0 Å². The smallest absolute Gasteiger partial charge is 0.125 e. The summed E-state index contributed by atoms with van der Waals surface area (Å²) in [5.41, 5.74) is 0. The van der Waals surface area contributed by atoms with Gasteiger partial charge in [-0.25, -0.2) is 0 Å². The molecule has 0 radical (unpaired) electrons. The van der Waals surface area contributed by atoms with E-state index in [1.165, 1.54) is 19.3 Å². The summed E-state index contributed by atoms with van der Waals surface area (Å²) < 4.78 is 0. The minimum atomic E-state index is -0.482. The van der Waals surface area contributed by atoms with Gasteiger partial charge in [0.15, 0.2) is 0 Å². The zero-order valence-corrected chi connectivity index (χ0v) is 8.12. The van der Waals surface area contributed by atoms with Crippen molar-refractivity contribution in [3.8, 4) is 0 Å². The molecule has 12 heavy (non-hydrogen) atoms. The Balaban J connectivity index is 3.38. The van der Waals surface area contributed by atoms with Gasteiger partial charge in [-0.15, -0.1) is 0 Å². The van der Waals surface area contributed by atoms with Crippen LogP contribution in [0.1, 0.15) is 46.0 Å². The zero-order chi connectivity index (χ0) is 9.40. The number of carbonyl (C=O) groups excluding carboxylic acids is 1. The topological polar surface area (TPSA) is 37.3 Å². The molecule has 2 heteroatoms. The molecule has 0 saturated heterocycles. The third-order valence-electron chi connectivity index (χ3n) is 2.19. The standard InChI is InChI=1S/C10H20O2/c1-3-4-5-6-7-10(8-11)9(2)12/h8-10,12H,3-7H2,1-2H3. The Bertz CT molecular complexity index is 110. The molecule has 0 aromatic rings. The molecule has 0 fully saturated rings. The fourth-order valence-corrected chi connectivity index (χ4v) is 1.23. The number of unbranched alkanes of at least 4 members (excludes halogenated alkanes) is 3. The van der Waals surface area contributed by atoms with E-state index >= 15 is 0 Å². The van der Waals surface area contributed by atoms with E-state index in [9.17, 15) is 4.79 Å². The average Bonchev–Trinajstić information content (AvgIpc) is 2.04. The van der Waals surface area contributed by atoms with Crippen molar-refractivity contribution in [2.45, 2.75) is 52.1 Å². The van der Waals surface area contributed by atoms with Gasteiger partial charge >= 0.3 is 0 Å². The Kier molecular flexibility index (Phi) is 7.06. The Morgan fingerprint density at radius 1 is 1.33 bits per heavy atom. The highest BCUT2D eigenvalue weighted by Gasteiger charge is 2.12. The molecule has 0 rings (SSSR count). The number of hydrogen-bond acceptors (Lipinski definition) is 2. The molecule has 2 nitrogen and oxygen atoms in total. The molecular formula is C10H20O2. The predicted octanol–water partition coefficient (Wildman–Crippen LogP) is 2.15. The zero-order valence-electron chi connectivity index (χ0n) is 8.12. The number of hydrogen-bond donors (Lipinski definition) is 1. The van der Waals surface area contributed by atoms with Gasteiger partial charge in [0.25, 0.3) is 0 Å². The van der Waals surface area contributed by atoms with E-state index in [2.05, 4.69) is 6.92 Å². The minimum absolute atomic E-state index is 0.151. The van der Waals surface area contributed by atoms with Crippen LogP contribution in [-0.2, 0) is 4.79 Å². The van der Waals surface area contributed by atoms with Gasteiger partial charge in [-0.3, -0.25) is 0 Å². The maximum absolute atomic E-state index is 10.5. The molecule has 0 aromatic carbocycles. The summed E-state index contributed by atoms with van der Waals surface area (Å²) in [7, 11) is 0. The van der Waals surface area contributed by atoms with Crippen molar-refractivity contribution in [2.24, 2.45) is 5.92 Å². The molecule has 72 valence electrons. The maximum Gasteiger partial charge on any atom is 0.125 e. The Labute approximate surface area is 75.0 Å². The van der Waals surface area contributed by atoms with E-state index in [0.717, 1.165) is 19.1 Å². The van der Waals surface area contributed by atoms with Crippen LogP contribution >= 0.6 is 0 Å². The number of aldehydes is 1. The van der Waals surface area contributed by atoms with E-state index in [0.29, 0.717) is 0 Å². The normalized spacial score (nSPS) is 15.6. The van der Waals surface area contributed by atoms with Crippen molar-refractivity contribution < 1.29 is 9.90 Å². The summed E-state index contributed by atoms with van der Waals surface area (Å²) in [6, 6.07) is 0. The minimum Gasteiger partial charge on any atom is -0.393 e. The number of aliphatic hydroxyl groups is 1. The molecular weight excluding hydrogens is 152 g/mol. The van der Waals surface area contributed by atoms with E-state index in [1.54, 1.807) is 6.92 Å². The molecule has 0 amide bonds. The third-order valence-corrected chi connectivity index (χ3v) is 2.19. The van der Waals surface area contributed by atoms with Gasteiger partial charge < -0.3 is 9.90 Å². The van der Waals surface area contributed by atoms with Gasteiger partial charge in [0.1, 0.15) is 6.29 Å². The molecule has 0 spiro atoms. The summed E-state index contributed by atoms with van der Waals surface area (Å²) in [5.74, 6) is -0.151. The molecule has 1 N–H and O–H groups in total. The second-order valence-corrected chi connectivity index (χ2v) is 3.39. The quantitative estimate of drug-likeness (QED) is 0.472. The molecule has 0 saturated carbocycles. The van der Waals surface area contributed by atoms with Crippen molar-refractivity contribution in [3.05, 3.63) is 0 Å². The fraction of sp³-hybridized carbons (Fsp3) is 0.900. The van der Waals surface area contributed by atoms with Crippen molar-refractivity contribution in [1.82, 2.24) is 0 Å². The van der Waals surface area contributed by atoms with Crippen molar-refractivity contribution >= 4 is 6.29 Å². The van der Waals surface area contributed by atoms with Crippen LogP contribution in [0.3, 0.4) is 0 Å². The monoisotopic (exact) mass is 172 g/mol. The lowest BCUT2D eigenvalue weighted by atomic mass is 9.98. The molecule has 0 heterocycles. The number of aliphatic hydroxyl groups excluding tert-OH is 1. The van der Waals surface area contributed by atoms with E-state index in [4.69, 9.17) is 5.11 Å². The lowest BCUT2D eigenvalue weighted by Gasteiger charge is -2.12. The lowest BCUT2D eigenvalue weighted by Crippen LogP contribution is -2.17. The first-order valence-electron chi connectivity index (χ1n) is 4.85. The molecule has 0 aliphatic rings. The average molecular weight is 172 g/mol. The van der Waals surface area contributed by atoms with Gasteiger partial charge in [0.05, 0.1) is 6.10 Å². The molecule has 0 aromatic heterocycles. The maximum atomic E-state index is 10.5. The van der Waals surface area contributed by atoms with Crippen LogP contribution < -0.4 is 0 Å². The lowest BCUT2D eigenvalue weighted by molar-refractivity contribution is -0.114. The third kappa shape index (κ3) is 5.30. The van der Waals surface area contributed by atoms with Crippen LogP contribution in [0.5, 0.6) is 0 Å². The summed E-state index contributed by atoms with van der Waals surface area (Å²) in [6.45, 7) is 3.84. The van der Waals surface area contributed by atoms with Crippen LogP contribution in [0.4, 0.5) is 0 Å². The van der Waals surface area contributed by atoms with Crippen LogP contribution in [0.25, 0.3) is 0 Å². The van der Waals surface area contributed by atoms with Gasteiger partial charge in [-0.2, -0.15) is 0 Å². The van der Waals surface area contributed by atoms with E-state index < -0.39 is 6.10 Å². The molecule has 2 unspecified atom stereocenters. The van der Waals surface area contributed by atoms with Gasteiger partial charge in [0.2, 0.25) is 0 Å². The molecule has 0 aliphatic carbocycles. The number of rotatable bonds is 7. The summed E-state index contributed by atoms with van der Waals surface area (Å²) >= 11 is 0. The van der Waals surface area contributed by atoms with Crippen LogP contribution in [0.2, 0.25) is 0 Å². The predicted molar refractivity (Wildman–Crippen MR) is 50.0 cm³/mol. The Hall–Kier alpha value is -0.370. The fourth-order valence-electron chi connectivity index (χ4n) is 1.23. The first-order valence-corrected chi connectivity index (χ1v) is 4.85. The second-order valence-electron chi connectivity index (χ2n) is 3.39. The van der Waals surface area contributed by atoms with Gasteiger partial charge in [-0.05, 0) is 13.3 Å². The first kappa shape index (κ1) is 11.6. The van der Waals surface area contributed by atoms with E-state index in [1.807, 2.05) is 0 Å². The van der Waals surface area contributed by atoms with Crippen molar-refractivity contribution in [2.75, 3.05) is 0 Å².